The molecule has 0 saturated carbocycles. The first-order chi connectivity index (χ1) is 14.9. The number of nitrogens with zero attached hydrogens (tertiary/aromatic N) is 4. The Morgan fingerprint density at radius 2 is 1.90 bits per heavy atom. The highest BCUT2D eigenvalue weighted by Crippen LogP contribution is 2.32. The predicted octanol–water partition coefficient (Wildman–Crippen LogP) is 5.58. The van der Waals surface area contributed by atoms with Crippen LogP contribution in [0.15, 0.2) is 32.9 Å². The third-order valence-corrected chi connectivity index (χ3v) is 7.88. The monoisotopic (exact) mass is 475 g/mol. The zero-order valence-electron chi connectivity index (χ0n) is 17.4. The number of rotatable bonds is 9. The Labute approximate surface area is 193 Å². The van der Waals surface area contributed by atoms with Gasteiger partial charge < -0.3 is 5.32 Å². The fraction of sp³-hybridized carbons (Fsp3) is 0.333. The summed E-state index contributed by atoms with van der Waals surface area (Å²) >= 11 is 4.47. The van der Waals surface area contributed by atoms with Crippen LogP contribution in [0, 0.1) is 31.0 Å². The molecular weight excluding hydrogens is 453 g/mol. The van der Waals surface area contributed by atoms with Crippen LogP contribution in [-0.2, 0) is 4.79 Å². The van der Waals surface area contributed by atoms with Crippen molar-refractivity contribution in [2.75, 3.05) is 16.8 Å². The predicted molar refractivity (Wildman–Crippen MR) is 125 cm³/mol. The van der Waals surface area contributed by atoms with E-state index in [2.05, 4.69) is 28.5 Å². The largest absolute Gasteiger partial charge is 0.310 e. The zero-order chi connectivity index (χ0) is 22.4. The van der Waals surface area contributed by atoms with Crippen molar-refractivity contribution in [2.45, 2.75) is 42.3 Å². The second-order valence-corrected chi connectivity index (χ2v) is 10.3. The summed E-state index contributed by atoms with van der Waals surface area (Å²) in [5.41, 5.74) is 2.65. The Balaban J connectivity index is 1.73. The Morgan fingerprint density at radius 3 is 2.55 bits per heavy atom. The van der Waals surface area contributed by atoms with E-state index in [1.54, 1.807) is 28.5 Å². The SMILES string of the molecule is CCCCSc1nnc(SCC(=O)Nc2c(C#N)c(C)c(C)n2-c2ccc(F)cc2)s1. The number of nitriles is 1. The number of benzene rings is 1. The molecule has 3 aromatic rings. The molecule has 3 rings (SSSR count). The maximum atomic E-state index is 13.4. The number of nitrogens with one attached hydrogen (secondary N) is 1. The molecule has 1 amide bonds. The van der Waals surface area contributed by atoms with Crippen LogP contribution in [0.3, 0.4) is 0 Å². The fourth-order valence-electron chi connectivity index (χ4n) is 2.89. The molecule has 0 aliphatic heterocycles. The summed E-state index contributed by atoms with van der Waals surface area (Å²) in [6.45, 7) is 5.84. The van der Waals surface area contributed by atoms with Crippen molar-refractivity contribution < 1.29 is 9.18 Å². The van der Waals surface area contributed by atoms with Crippen LogP contribution in [-0.4, -0.2) is 32.2 Å². The van der Waals surface area contributed by atoms with Crippen molar-refractivity contribution in [3.63, 3.8) is 0 Å². The van der Waals surface area contributed by atoms with Crippen molar-refractivity contribution in [3.05, 3.63) is 46.9 Å². The fourth-order valence-corrected chi connectivity index (χ4v) is 5.86. The molecular formula is C21H22FN5OS3. The maximum Gasteiger partial charge on any atom is 0.235 e. The number of carbonyl (C=O) groups is 1. The molecule has 10 heteroatoms. The summed E-state index contributed by atoms with van der Waals surface area (Å²) in [7, 11) is 0. The third kappa shape index (κ3) is 5.67. The van der Waals surface area contributed by atoms with Gasteiger partial charge in [0.1, 0.15) is 17.7 Å². The number of carbonyl (C=O) groups excluding carboxylic acids is 1. The van der Waals surface area contributed by atoms with E-state index in [0.29, 0.717) is 17.1 Å². The molecule has 0 aliphatic rings. The molecule has 2 heterocycles. The molecule has 2 aromatic heterocycles. The molecule has 1 aromatic carbocycles. The van der Waals surface area contributed by atoms with Gasteiger partial charge in [-0.3, -0.25) is 9.36 Å². The summed E-state index contributed by atoms with van der Waals surface area (Å²) in [6.07, 6.45) is 2.26. The molecule has 162 valence electrons. The van der Waals surface area contributed by atoms with Crippen LogP contribution in [0.5, 0.6) is 0 Å². The molecule has 0 aliphatic carbocycles. The second-order valence-electron chi connectivity index (χ2n) is 6.73. The Bertz CT molecular complexity index is 1100. The molecule has 0 bridgehead atoms. The van der Waals surface area contributed by atoms with Crippen molar-refractivity contribution in [2.24, 2.45) is 0 Å². The number of aromatic nitrogens is 3. The Morgan fingerprint density at radius 1 is 1.23 bits per heavy atom. The number of thioether (sulfide) groups is 2. The Kier molecular flexibility index (Phi) is 8.12. The molecule has 1 N–H and O–H groups in total. The zero-order valence-corrected chi connectivity index (χ0v) is 19.9. The first-order valence-corrected chi connectivity index (χ1v) is 12.5. The summed E-state index contributed by atoms with van der Waals surface area (Å²) in [5.74, 6) is 0.940. The van der Waals surface area contributed by atoms with Gasteiger partial charge in [-0.15, -0.1) is 10.2 Å². The van der Waals surface area contributed by atoms with Crippen LogP contribution in [0.1, 0.15) is 36.6 Å². The number of amides is 1. The molecule has 6 nitrogen and oxygen atoms in total. The lowest BCUT2D eigenvalue weighted by atomic mass is 10.2. The van der Waals surface area contributed by atoms with Gasteiger partial charge in [0.25, 0.3) is 0 Å². The van der Waals surface area contributed by atoms with Gasteiger partial charge in [-0.05, 0) is 50.1 Å². The highest BCUT2D eigenvalue weighted by Gasteiger charge is 2.21. The molecule has 0 radical (unpaired) electrons. The lowest BCUT2D eigenvalue weighted by Crippen LogP contribution is -2.17. The molecule has 0 unspecified atom stereocenters. The van der Waals surface area contributed by atoms with Gasteiger partial charge in [-0.1, -0.05) is 48.2 Å². The van der Waals surface area contributed by atoms with Gasteiger partial charge >= 0.3 is 0 Å². The average molecular weight is 476 g/mol. The van der Waals surface area contributed by atoms with E-state index >= 15 is 0 Å². The maximum absolute atomic E-state index is 13.4. The van der Waals surface area contributed by atoms with Crippen molar-refractivity contribution in [1.29, 1.82) is 5.26 Å². The van der Waals surface area contributed by atoms with E-state index in [1.165, 1.54) is 35.2 Å². The van der Waals surface area contributed by atoms with Gasteiger partial charge in [-0.25, -0.2) is 4.39 Å². The lowest BCUT2D eigenvalue weighted by molar-refractivity contribution is -0.113. The lowest BCUT2D eigenvalue weighted by Gasteiger charge is -2.13. The normalized spacial score (nSPS) is 10.8. The summed E-state index contributed by atoms with van der Waals surface area (Å²) < 4.78 is 16.8. The van der Waals surface area contributed by atoms with Gasteiger partial charge in [0.2, 0.25) is 5.91 Å². The average Bonchev–Trinajstić information content (AvgIpc) is 3.30. The summed E-state index contributed by atoms with van der Waals surface area (Å²) in [5, 5.41) is 20.8. The van der Waals surface area contributed by atoms with Crippen LogP contribution >= 0.6 is 34.9 Å². The van der Waals surface area contributed by atoms with Crippen molar-refractivity contribution in [1.82, 2.24) is 14.8 Å². The molecule has 0 atom stereocenters. The van der Waals surface area contributed by atoms with E-state index in [9.17, 15) is 14.4 Å². The highest BCUT2D eigenvalue weighted by molar-refractivity contribution is 8.03. The highest BCUT2D eigenvalue weighted by atomic mass is 32.2. The minimum absolute atomic E-state index is 0.145. The minimum atomic E-state index is -0.350. The van der Waals surface area contributed by atoms with Gasteiger partial charge in [0.05, 0.1) is 11.3 Å². The molecule has 0 fully saturated rings. The van der Waals surface area contributed by atoms with Crippen LogP contribution in [0.4, 0.5) is 10.2 Å². The minimum Gasteiger partial charge on any atom is -0.310 e. The second kappa shape index (κ2) is 10.8. The number of halogens is 1. The third-order valence-electron chi connectivity index (χ3n) is 4.61. The number of anilines is 1. The van der Waals surface area contributed by atoms with E-state index < -0.39 is 0 Å². The van der Waals surface area contributed by atoms with E-state index in [1.807, 2.05) is 13.8 Å². The number of unbranched alkanes of at least 4 members (excludes halogenated alkanes) is 1. The van der Waals surface area contributed by atoms with Crippen LogP contribution in [0.25, 0.3) is 5.69 Å². The molecule has 0 spiro atoms. The molecule has 31 heavy (non-hydrogen) atoms. The topological polar surface area (TPSA) is 83.6 Å². The van der Waals surface area contributed by atoms with E-state index in [0.717, 1.165) is 38.5 Å². The van der Waals surface area contributed by atoms with Crippen molar-refractivity contribution in [3.8, 4) is 11.8 Å². The Hall–Kier alpha value is -2.35. The quantitative estimate of drug-likeness (QED) is 0.321. The molecule has 0 saturated heterocycles. The van der Waals surface area contributed by atoms with Crippen LogP contribution < -0.4 is 5.32 Å². The van der Waals surface area contributed by atoms with Gasteiger partial charge in [0, 0.05) is 17.1 Å². The van der Waals surface area contributed by atoms with E-state index in [4.69, 9.17) is 0 Å². The van der Waals surface area contributed by atoms with Gasteiger partial charge in [-0.2, -0.15) is 5.26 Å². The van der Waals surface area contributed by atoms with Gasteiger partial charge in [0.15, 0.2) is 8.68 Å². The first kappa shape index (κ1) is 23.3. The number of hydrogen-bond donors (Lipinski definition) is 1. The smallest absolute Gasteiger partial charge is 0.235 e. The first-order valence-electron chi connectivity index (χ1n) is 9.71. The summed E-state index contributed by atoms with van der Waals surface area (Å²) in [6, 6.07) is 8.11. The van der Waals surface area contributed by atoms with Crippen LogP contribution in [0.2, 0.25) is 0 Å². The van der Waals surface area contributed by atoms with Crippen molar-refractivity contribution >= 4 is 46.6 Å². The number of hydrogen-bond acceptors (Lipinski definition) is 7. The van der Waals surface area contributed by atoms with E-state index in [-0.39, 0.29) is 17.5 Å². The standard InChI is InChI=1S/C21H22FN5OS3/c1-4-5-10-29-20-25-26-21(31-20)30-12-18(28)24-19-17(11-23)13(2)14(3)27(19)16-8-6-15(22)7-9-16/h6-9H,4-5,10,12H2,1-3H3,(H,24,28). The summed E-state index contributed by atoms with van der Waals surface area (Å²) in [4.78, 5) is 12.7.